The van der Waals surface area contributed by atoms with Crippen LogP contribution < -0.4 is 15.2 Å². The molecule has 1 unspecified atom stereocenters. The maximum Gasteiger partial charge on any atom is 0.161 e. The fraction of sp³-hybridized carbons (Fsp3) is 0.538. The predicted octanol–water partition coefficient (Wildman–Crippen LogP) is 2.33. The van der Waals surface area contributed by atoms with Gasteiger partial charge in [-0.15, -0.1) is 0 Å². The van der Waals surface area contributed by atoms with Crippen LogP contribution in [0.3, 0.4) is 0 Å². The minimum absolute atomic E-state index is 0.342. The van der Waals surface area contributed by atoms with E-state index >= 15 is 0 Å². The largest absolute Gasteiger partial charge is 0.493 e. The van der Waals surface area contributed by atoms with E-state index in [1.165, 1.54) is 11.1 Å². The Morgan fingerprint density at radius 1 is 1.19 bits per heavy atom. The number of nitrogens with two attached hydrogens (primary N) is 1. The van der Waals surface area contributed by atoms with Gasteiger partial charge in [0.25, 0.3) is 0 Å². The summed E-state index contributed by atoms with van der Waals surface area (Å²) in [5.41, 5.74) is 8.24. The first-order valence-electron chi connectivity index (χ1n) is 5.62. The first kappa shape index (κ1) is 12.8. The summed E-state index contributed by atoms with van der Waals surface area (Å²) in [6, 6.07) is 4.08. The lowest BCUT2D eigenvalue weighted by Crippen LogP contribution is -2.11. The van der Waals surface area contributed by atoms with Gasteiger partial charge in [-0.3, -0.25) is 0 Å². The molecule has 1 aromatic rings. The molecule has 0 spiro atoms. The van der Waals surface area contributed by atoms with Gasteiger partial charge in [0.15, 0.2) is 11.5 Å². The molecule has 0 aliphatic heterocycles. The third-order valence-corrected chi connectivity index (χ3v) is 2.91. The Balaban J connectivity index is 3.25. The van der Waals surface area contributed by atoms with Gasteiger partial charge in [-0.05, 0) is 42.1 Å². The van der Waals surface area contributed by atoms with Crippen LogP contribution >= 0.6 is 0 Å². The van der Waals surface area contributed by atoms with E-state index in [4.69, 9.17) is 15.2 Å². The first-order valence-corrected chi connectivity index (χ1v) is 5.62. The minimum atomic E-state index is 0.342. The molecule has 0 radical (unpaired) electrons. The average Bonchev–Trinajstić information content (AvgIpc) is 2.35. The summed E-state index contributed by atoms with van der Waals surface area (Å²) in [6.07, 6.45) is 0.972. The molecule has 1 atom stereocenters. The fourth-order valence-electron chi connectivity index (χ4n) is 1.83. The van der Waals surface area contributed by atoms with Gasteiger partial charge in [0.2, 0.25) is 0 Å². The van der Waals surface area contributed by atoms with E-state index in [0.717, 1.165) is 17.9 Å². The number of ether oxygens (including phenoxy) is 2. The van der Waals surface area contributed by atoms with Gasteiger partial charge in [-0.25, -0.2) is 0 Å². The van der Waals surface area contributed by atoms with E-state index in [-0.39, 0.29) is 0 Å². The van der Waals surface area contributed by atoms with Crippen molar-refractivity contribution in [2.75, 3.05) is 20.8 Å². The Kier molecular flexibility index (Phi) is 4.62. The second-order valence-electron chi connectivity index (χ2n) is 3.90. The molecule has 90 valence electrons. The first-order chi connectivity index (χ1) is 7.67. The van der Waals surface area contributed by atoms with Crippen molar-refractivity contribution in [2.45, 2.75) is 26.2 Å². The number of aryl methyl sites for hydroxylation is 1. The lowest BCUT2D eigenvalue weighted by Gasteiger charge is -2.17. The van der Waals surface area contributed by atoms with Crippen molar-refractivity contribution in [3.8, 4) is 11.5 Å². The minimum Gasteiger partial charge on any atom is -0.493 e. The summed E-state index contributed by atoms with van der Waals surface area (Å²) < 4.78 is 10.6. The molecule has 0 bridgehead atoms. The maximum atomic E-state index is 5.72. The van der Waals surface area contributed by atoms with Crippen LogP contribution in [0.4, 0.5) is 0 Å². The third kappa shape index (κ3) is 2.47. The molecule has 0 aliphatic rings. The number of rotatable bonds is 5. The van der Waals surface area contributed by atoms with Crippen molar-refractivity contribution >= 4 is 0 Å². The number of hydrogen-bond acceptors (Lipinski definition) is 3. The second kappa shape index (κ2) is 5.75. The second-order valence-corrected chi connectivity index (χ2v) is 3.90. The zero-order valence-electron chi connectivity index (χ0n) is 10.5. The summed E-state index contributed by atoms with van der Waals surface area (Å²) >= 11 is 0. The highest BCUT2D eigenvalue weighted by atomic mass is 16.5. The standard InChI is InChI=1S/C13H21NO2/c1-5-10-6-12(15-3)13(16-4)7-11(10)9(2)8-14/h6-7,9H,5,8,14H2,1-4H3. The van der Waals surface area contributed by atoms with E-state index in [0.29, 0.717) is 12.5 Å². The molecule has 0 aromatic heterocycles. The van der Waals surface area contributed by atoms with Crippen LogP contribution in [-0.2, 0) is 6.42 Å². The highest BCUT2D eigenvalue weighted by Crippen LogP contribution is 2.33. The Labute approximate surface area is 97.6 Å². The molecule has 0 saturated heterocycles. The molecule has 3 heteroatoms. The van der Waals surface area contributed by atoms with E-state index in [9.17, 15) is 0 Å². The van der Waals surface area contributed by atoms with Crippen molar-refractivity contribution < 1.29 is 9.47 Å². The van der Waals surface area contributed by atoms with Crippen molar-refractivity contribution in [1.29, 1.82) is 0 Å². The summed E-state index contributed by atoms with van der Waals surface area (Å²) in [7, 11) is 3.31. The van der Waals surface area contributed by atoms with Gasteiger partial charge in [0.05, 0.1) is 14.2 Å². The Morgan fingerprint density at radius 3 is 2.19 bits per heavy atom. The Hall–Kier alpha value is -1.22. The molecule has 16 heavy (non-hydrogen) atoms. The van der Waals surface area contributed by atoms with Crippen LogP contribution in [0, 0.1) is 0 Å². The normalized spacial score (nSPS) is 12.3. The zero-order valence-corrected chi connectivity index (χ0v) is 10.5. The van der Waals surface area contributed by atoms with Gasteiger partial charge in [0, 0.05) is 0 Å². The molecule has 0 aliphatic carbocycles. The van der Waals surface area contributed by atoms with Crippen molar-refractivity contribution in [1.82, 2.24) is 0 Å². The fourth-order valence-corrected chi connectivity index (χ4v) is 1.83. The van der Waals surface area contributed by atoms with Crippen LogP contribution in [0.5, 0.6) is 11.5 Å². The molecule has 0 fully saturated rings. The molecular weight excluding hydrogens is 202 g/mol. The van der Waals surface area contributed by atoms with Gasteiger partial charge < -0.3 is 15.2 Å². The van der Waals surface area contributed by atoms with Gasteiger partial charge in [0.1, 0.15) is 0 Å². The van der Waals surface area contributed by atoms with Crippen LogP contribution in [0.1, 0.15) is 30.9 Å². The molecule has 0 amide bonds. The molecule has 3 nitrogen and oxygen atoms in total. The molecule has 2 N–H and O–H groups in total. The molecular formula is C13H21NO2. The molecule has 0 heterocycles. The number of methoxy groups -OCH3 is 2. The molecule has 1 rings (SSSR count). The van der Waals surface area contributed by atoms with E-state index in [1.807, 2.05) is 12.1 Å². The van der Waals surface area contributed by atoms with Crippen molar-refractivity contribution in [2.24, 2.45) is 5.73 Å². The van der Waals surface area contributed by atoms with E-state index in [2.05, 4.69) is 13.8 Å². The van der Waals surface area contributed by atoms with Crippen LogP contribution in [-0.4, -0.2) is 20.8 Å². The van der Waals surface area contributed by atoms with E-state index in [1.54, 1.807) is 14.2 Å². The summed E-state index contributed by atoms with van der Waals surface area (Å²) in [6.45, 7) is 4.90. The topological polar surface area (TPSA) is 44.5 Å². The smallest absolute Gasteiger partial charge is 0.161 e. The summed E-state index contributed by atoms with van der Waals surface area (Å²) in [5, 5.41) is 0. The summed E-state index contributed by atoms with van der Waals surface area (Å²) in [5.74, 6) is 1.90. The highest BCUT2D eigenvalue weighted by Gasteiger charge is 2.13. The third-order valence-electron chi connectivity index (χ3n) is 2.91. The maximum absolute atomic E-state index is 5.72. The quantitative estimate of drug-likeness (QED) is 0.833. The van der Waals surface area contributed by atoms with Gasteiger partial charge >= 0.3 is 0 Å². The zero-order chi connectivity index (χ0) is 12.1. The Bertz CT molecular complexity index is 350. The predicted molar refractivity (Wildman–Crippen MR) is 66.4 cm³/mol. The average molecular weight is 223 g/mol. The van der Waals surface area contributed by atoms with Crippen molar-refractivity contribution in [3.63, 3.8) is 0 Å². The number of hydrogen-bond donors (Lipinski definition) is 1. The van der Waals surface area contributed by atoms with Crippen LogP contribution in [0.2, 0.25) is 0 Å². The van der Waals surface area contributed by atoms with Crippen LogP contribution in [0.15, 0.2) is 12.1 Å². The monoisotopic (exact) mass is 223 g/mol. The molecule has 1 aromatic carbocycles. The summed E-state index contributed by atoms with van der Waals surface area (Å²) in [4.78, 5) is 0. The number of benzene rings is 1. The van der Waals surface area contributed by atoms with E-state index < -0.39 is 0 Å². The molecule has 0 saturated carbocycles. The highest BCUT2D eigenvalue weighted by molar-refractivity contribution is 5.48. The lowest BCUT2D eigenvalue weighted by atomic mass is 9.93. The SMILES string of the molecule is CCc1cc(OC)c(OC)cc1C(C)CN. The Morgan fingerprint density at radius 2 is 1.75 bits per heavy atom. The van der Waals surface area contributed by atoms with Gasteiger partial charge in [-0.2, -0.15) is 0 Å². The van der Waals surface area contributed by atoms with Gasteiger partial charge in [-0.1, -0.05) is 13.8 Å². The van der Waals surface area contributed by atoms with Crippen molar-refractivity contribution in [3.05, 3.63) is 23.3 Å². The van der Waals surface area contributed by atoms with Crippen LogP contribution in [0.25, 0.3) is 0 Å². The lowest BCUT2D eigenvalue weighted by molar-refractivity contribution is 0.354.